The minimum absolute atomic E-state index is 0.123. The number of carbonyl (C=O) groups is 1. The van der Waals surface area contributed by atoms with Crippen LogP contribution in [-0.2, 0) is 17.9 Å². The molecule has 1 aromatic carbocycles. The first-order valence-corrected chi connectivity index (χ1v) is 10.8. The van der Waals surface area contributed by atoms with Gasteiger partial charge in [-0.2, -0.15) is 0 Å². The van der Waals surface area contributed by atoms with E-state index in [-0.39, 0.29) is 18.1 Å². The van der Waals surface area contributed by atoms with Gasteiger partial charge in [0.1, 0.15) is 0 Å². The van der Waals surface area contributed by atoms with Crippen molar-refractivity contribution in [2.45, 2.75) is 57.8 Å². The van der Waals surface area contributed by atoms with Crippen LogP contribution in [-0.4, -0.2) is 72.1 Å². The molecule has 1 unspecified atom stereocenters. The zero-order chi connectivity index (χ0) is 20.6. The summed E-state index contributed by atoms with van der Waals surface area (Å²) in [5, 5.41) is 16.4. The van der Waals surface area contributed by atoms with Crippen LogP contribution in [0.25, 0.3) is 0 Å². The van der Waals surface area contributed by atoms with Crippen LogP contribution in [0.3, 0.4) is 0 Å². The Labute approximate surface area is 174 Å². The van der Waals surface area contributed by atoms with Gasteiger partial charge in [-0.05, 0) is 30.4 Å². The highest BCUT2D eigenvalue weighted by molar-refractivity contribution is 5.80. The maximum atomic E-state index is 11.8. The standard InChI is InChI=1S/C22H35N5O2/c1-3-21(29)27-13-8-19(16-27)25-22(23-2)24-14-17-4-6-18(7-5-17)15-26-11-9-20(28)10-12-26/h4-7,19-20,28H,3,8-16H2,1-2H3,(H2,23,24,25). The lowest BCUT2D eigenvalue weighted by Gasteiger charge is -2.29. The SMILES string of the molecule is CCC(=O)N1CCC(NC(=NC)NCc2ccc(CN3CCC(O)CC3)cc2)C1. The van der Waals surface area contributed by atoms with Gasteiger partial charge in [-0.3, -0.25) is 14.7 Å². The predicted octanol–water partition coefficient (Wildman–Crippen LogP) is 1.32. The summed E-state index contributed by atoms with van der Waals surface area (Å²) in [6.45, 7) is 7.06. The summed E-state index contributed by atoms with van der Waals surface area (Å²) in [6, 6.07) is 8.94. The summed E-state index contributed by atoms with van der Waals surface area (Å²) in [5.74, 6) is 0.995. The highest BCUT2D eigenvalue weighted by Crippen LogP contribution is 2.14. The van der Waals surface area contributed by atoms with Gasteiger partial charge in [0, 0.05) is 58.8 Å². The van der Waals surface area contributed by atoms with E-state index in [1.165, 1.54) is 11.1 Å². The van der Waals surface area contributed by atoms with Gasteiger partial charge in [0.15, 0.2) is 5.96 Å². The molecule has 0 spiro atoms. The van der Waals surface area contributed by atoms with Crippen LogP contribution in [0.15, 0.2) is 29.3 Å². The van der Waals surface area contributed by atoms with E-state index in [1.807, 2.05) is 11.8 Å². The largest absolute Gasteiger partial charge is 0.393 e. The summed E-state index contributed by atoms with van der Waals surface area (Å²) in [5.41, 5.74) is 2.51. The number of amides is 1. The van der Waals surface area contributed by atoms with Crippen LogP contribution in [0.2, 0.25) is 0 Å². The number of nitrogens with zero attached hydrogens (tertiary/aromatic N) is 3. The van der Waals surface area contributed by atoms with Crippen molar-refractivity contribution < 1.29 is 9.90 Å². The lowest BCUT2D eigenvalue weighted by molar-refractivity contribution is -0.129. The molecule has 0 saturated carbocycles. The van der Waals surface area contributed by atoms with E-state index < -0.39 is 0 Å². The number of nitrogens with one attached hydrogen (secondary N) is 2. The second-order valence-electron chi connectivity index (χ2n) is 8.07. The van der Waals surface area contributed by atoms with E-state index in [4.69, 9.17) is 0 Å². The maximum Gasteiger partial charge on any atom is 0.222 e. The molecule has 2 aliphatic rings. The van der Waals surface area contributed by atoms with Gasteiger partial charge in [-0.25, -0.2) is 0 Å². The highest BCUT2D eigenvalue weighted by atomic mass is 16.3. The fourth-order valence-corrected chi connectivity index (χ4v) is 4.00. The van der Waals surface area contributed by atoms with Gasteiger partial charge in [0.05, 0.1) is 6.10 Å². The molecule has 0 aliphatic carbocycles. The number of hydrogen-bond acceptors (Lipinski definition) is 4. The van der Waals surface area contributed by atoms with E-state index in [9.17, 15) is 9.90 Å². The molecule has 0 radical (unpaired) electrons. The van der Waals surface area contributed by atoms with Gasteiger partial charge in [0.2, 0.25) is 5.91 Å². The van der Waals surface area contributed by atoms with Gasteiger partial charge < -0.3 is 20.6 Å². The number of aliphatic hydroxyl groups is 1. The highest BCUT2D eigenvalue weighted by Gasteiger charge is 2.25. The molecular formula is C22H35N5O2. The lowest BCUT2D eigenvalue weighted by Crippen LogP contribution is -2.44. The Morgan fingerprint density at radius 1 is 1.14 bits per heavy atom. The number of likely N-dealkylation sites (tertiary alicyclic amines) is 2. The molecule has 29 heavy (non-hydrogen) atoms. The second kappa shape index (κ2) is 10.6. The third kappa shape index (κ3) is 6.44. The van der Waals surface area contributed by atoms with Crippen molar-refractivity contribution in [2.24, 2.45) is 4.99 Å². The average molecular weight is 402 g/mol. The molecule has 160 valence electrons. The fraction of sp³-hybridized carbons (Fsp3) is 0.636. The van der Waals surface area contributed by atoms with Gasteiger partial charge in [-0.15, -0.1) is 0 Å². The van der Waals surface area contributed by atoms with Crippen LogP contribution >= 0.6 is 0 Å². The Kier molecular flexibility index (Phi) is 7.89. The normalized spacial score (nSPS) is 21.4. The summed E-state index contributed by atoms with van der Waals surface area (Å²) in [7, 11) is 1.78. The van der Waals surface area contributed by atoms with Crippen molar-refractivity contribution in [2.75, 3.05) is 33.2 Å². The molecule has 7 nitrogen and oxygen atoms in total. The number of hydrogen-bond donors (Lipinski definition) is 3. The monoisotopic (exact) mass is 401 g/mol. The Balaban J connectivity index is 1.42. The van der Waals surface area contributed by atoms with Crippen LogP contribution in [0.4, 0.5) is 0 Å². The molecular weight excluding hydrogens is 366 g/mol. The summed E-state index contributed by atoms with van der Waals surface area (Å²) in [4.78, 5) is 20.5. The zero-order valence-electron chi connectivity index (χ0n) is 17.7. The minimum Gasteiger partial charge on any atom is -0.393 e. The van der Waals surface area contributed by atoms with E-state index in [0.29, 0.717) is 13.0 Å². The summed E-state index contributed by atoms with van der Waals surface area (Å²) >= 11 is 0. The third-order valence-corrected chi connectivity index (χ3v) is 5.85. The number of piperidine rings is 1. The molecule has 2 aliphatic heterocycles. The minimum atomic E-state index is -0.123. The van der Waals surface area contributed by atoms with E-state index in [0.717, 1.165) is 57.9 Å². The van der Waals surface area contributed by atoms with Crippen molar-refractivity contribution >= 4 is 11.9 Å². The molecule has 2 saturated heterocycles. The molecule has 7 heteroatoms. The van der Waals surface area contributed by atoms with Crippen molar-refractivity contribution in [3.8, 4) is 0 Å². The van der Waals surface area contributed by atoms with E-state index in [1.54, 1.807) is 7.05 Å². The van der Waals surface area contributed by atoms with Crippen LogP contribution < -0.4 is 10.6 Å². The van der Waals surface area contributed by atoms with Gasteiger partial charge >= 0.3 is 0 Å². The van der Waals surface area contributed by atoms with E-state index >= 15 is 0 Å². The first-order chi connectivity index (χ1) is 14.1. The molecule has 1 atom stereocenters. The lowest BCUT2D eigenvalue weighted by atomic mass is 10.1. The molecule has 2 heterocycles. The van der Waals surface area contributed by atoms with Crippen LogP contribution in [0.5, 0.6) is 0 Å². The Morgan fingerprint density at radius 2 is 1.83 bits per heavy atom. The van der Waals surface area contributed by atoms with Crippen molar-refractivity contribution in [3.63, 3.8) is 0 Å². The van der Waals surface area contributed by atoms with Crippen LogP contribution in [0.1, 0.15) is 43.7 Å². The fourth-order valence-electron chi connectivity index (χ4n) is 4.00. The van der Waals surface area contributed by atoms with Gasteiger partial charge in [-0.1, -0.05) is 31.2 Å². The number of benzene rings is 1. The molecule has 3 N–H and O–H groups in total. The maximum absolute atomic E-state index is 11.8. The average Bonchev–Trinajstić information content (AvgIpc) is 3.22. The summed E-state index contributed by atoms with van der Waals surface area (Å²) in [6.07, 6.45) is 3.14. The zero-order valence-corrected chi connectivity index (χ0v) is 17.7. The number of aliphatic hydroxyl groups excluding tert-OH is 1. The molecule has 0 aromatic heterocycles. The van der Waals surface area contributed by atoms with Crippen molar-refractivity contribution in [1.82, 2.24) is 20.4 Å². The summed E-state index contributed by atoms with van der Waals surface area (Å²) < 4.78 is 0. The molecule has 2 fully saturated rings. The Hall–Kier alpha value is -2.12. The topological polar surface area (TPSA) is 80.2 Å². The third-order valence-electron chi connectivity index (χ3n) is 5.85. The predicted molar refractivity (Wildman–Crippen MR) is 116 cm³/mol. The van der Waals surface area contributed by atoms with E-state index in [2.05, 4.69) is 44.8 Å². The number of carbonyl (C=O) groups excluding carboxylic acids is 1. The Bertz CT molecular complexity index is 683. The van der Waals surface area contributed by atoms with Gasteiger partial charge in [0.25, 0.3) is 0 Å². The first-order valence-electron chi connectivity index (χ1n) is 10.8. The molecule has 1 amide bonds. The second-order valence-corrected chi connectivity index (χ2v) is 8.07. The first kappa shape index (κ1) is 21.6. The molecule has 1 aromatic rings. The quantitative estimate of drug-likeness (QED) is 0.495. The Morgan fingerprint density at radius 3 is 2.48 bits per heavy atom. The molecule has 3 rings (SSSR count). The number of rotatable bonds is 6. The smallest absolute Gasteiger partial charge is 0.222 e. The number of guanidine groups is 1. The number of aliphatic imine (C=N–C) groups is 1. The molecule has 0 bridgehead atoms. The van der Waals surface area contributed by atoms with Crippen molar-refractivity contribution in [1.29, 1.82) is 0 Å². The van der Waals surface area contributed by atoms with Crippen molar-refractivity contribution in [3.05, 3.63) is 35.4 Å². The van der Waals surface area contributed by atoms with Crippen LogP contribution in [0, 0.1) is 0 Å².